The summed E-state index contributed by atoms with van der Waals surface area (Å²) in [5.41, 5.74) is 0. The Morgan fingerprint density at radius 3 is 2.78 bits per heavy atom. The molecular weight excluding hydrogens is 146 g/mol. The number of carbonyl (C=O) groups is 1. The van der Waals surface area contributed by atoms with Crippen molar-refractivity contribution in [1.29, 1.82) is 0 Å². The van der Waals surface area contributed by atoms with Crippen molar-refractivity contribution in [3.8, 4) is 0 Å². The van der Waals surface area contributed by atoms with Crippen molar-refractivity contribution in [1.82, 2.24) is 0 Å². The van der Waals surface area contributed by atoms with Gasteiger partial charge in [0.05, 0.1) is 6.61 Å². The number of halogens is 1. The Morgan fingerprint density at radius 2 is 2.44 bits per heavy atom. The molecule has 0 radical (unpaired) electrons. The van der Waals surface area contributed by atoms with Crippen LogP contribution in [0.1, 0.15) is 6.92 Å². The van der Waals surface area contributed by atoms with Gasteiger partial charge in [-0.25, -0.2) is 9.18 Å². The van der Waals surface area contributed by atoms with Gasteiger partial charge in [0.15, 0.2) is 0 Å². The lowest BCUT2D eigenvalue weighted by atomic mass is 10.7. The maximum atomic E-state index is 12.0. The third kappa shape index (κ3) is 3.38. The van der Waals surface area contributed by atoms with E-state index >= 15 is 0 Å². The topological polar surface area (TPSA) is 35.5 Å². The lowest BCUT2D eigenvalue weighted by Crippen LogP contribution is -2.18. The predicted octanol–water partition coefficient (Wildman–Crippen LogP) is 0.652. The van der Waals surface area contributed by atoms with E-state index in [1.807, 2.05) is 0 Å². The van der Waals surface area contributed by atoms with E-state index in [-0.39, 0.29) is 6.61 Å². The summed E-state index contributed by atoms with van der Waals surface area (Å²) in [5.74, 6) is -0.993. The van der Waals surface area contributed by atoms with Gasteiger partial charge in [-0.3, -0.25) is 0 Å². The maximum Gasteiger partial charge on any atom is 0.368 e. The van der Waals surface area contributed by atoms with Crippen molar-refractivity contribution in [3.05, 3.63) is 0 Å². The highest BCUT2D eigenvalue weighted by Crippen LogP contribution is 2.00. The van der Waals surface area contributed by atoms with Crippen LogP contribution in [0.5, 0.6) is 0 Å². The van der Waals surface area contributed by atoms with Gasteiger partial charge in [-0.05, 0) is 6.92 Å². The molecule has 0 aliphatic rings. The van der Waals surface area contributed by atoms with Gasteiger partial charge in [-0.1, -0.05) is 0 Å². The Hall–Kier alpha value is -0.210. The summed E-state index contributed by atoms with van der Waals surface area (Å²) in [6.45, 7) is 1.75. The molecule has 0 N–H and O–H groups in total. The summed E-state index contributed by atoms with van der Waals surface area (Å²) in [6, 6.07) is 0. The number of ether oxygens (including phenoxy) is 1. The summed E-state index contributed by atoms with van der Waals surface area (Å²) in [5, 5.41) is 0. The van der Waals surface area contributed by atoms with Gasteiger partial charge in [0, 0.05) is 9.47 Å². The van der Waals surface area contributed by atoms with Crippen LogP contribution in [-0.2, 0) is 14.1 Å². The van der Waals surface area contributed by atoms with E-state index in [0.717, 1.165) is 0 Å². The largest absolute Gasteiger partial charge is 0.462 e. The molecule has 0 aromatic heterocycles. The van der Waals surface area contributed by atoms with E-state index in [0.29, 0.717) is 0 Å². The predicted molar refractivity (Wildman–Crippen MR) is 32.3 cm³/mol. The molecule has 0 heterocycles. The number of carbonyl (C=O) groups excluding carboxylic acids is 1. The first-order chi connectivity index (χ1) is 4.22. The standard InChI is InChI=1S/C4H8FO3P/c1-2-7-4(6)3(5)8-9/h3H,2,9H2,1H3. The molecule has 0 saturated carbocycles. The highest BCUT2D eigenvalue weighted by atomic mass is 31.0. The Bertz CT molecular complexity index is 97.8. The molecule has 9 heavy (non-hydrogen) atoms. The van der Waals surface area contributed by atoms with Crippen molar-refractivity contribution < 1.29 is 18.4 Å². The third-order valence-corrected chi connectivity index (χ3v) is 0.830. The molecule has 0 aliphatic carbocycles. The monoisotopic (exact) mass is 154 g/mol. The van der Waals surface area contributed by atoms with E-state index in [1.165, 1.54) is 0 Å². The van der Waals surface area contributed by atoms with E-state index in [1.54, 1.807) is 16.4 Å². The van der Waals surface area contributed by atoms with Crippen molar-refractivity contribution in [2.45, 2.75) is 13.3 Å². The van der Waals surface area contributed by atoms with E-state index in [2.05, 4.69) is 9.26 Å². The van der Waals surface area contributed by atoms with Crippen LogP contribution in [0.25, 0.3) is 0 Å². The fourth-order valence-corrected chi connectivity index (χ4v) is 0.374. The molecule has 2 unspecified atom stereocenters. The summed E-state index contributed by atoms with van der Waals surface area (Å²) in [4.78, 5) is 10.2. The van der Waals surface area contributed by atoms with E-state index in [9.17, 15) is 9.18 Å². The van der Waals surface area contributed by atoms with Gasteiger partial charge in [-0.15, -0.1) is 0 Å². The van der Waals surface area contributed by atoms with Crippen LogP contribution in [0.4, 0.5) is 4.39 Å². The van der Waals surface area contributed by atoms with Gasteiger partial charge in [0.2, 0.25) is 0 Å². The van der Waals surface area contributed by atoms with Gasteiger partial charge < -0.3 is 9.26 Å². The second kappa shape index (κ2) is 4.65. The molecule has 2 atom stereocenters. The van der Waals surface area contributed by atoms with Gasteiger partial charge in [-0.2, -0.15) is 0 Å². The molecule has 0 spiro atoms. The minimum atomic E-state index is -1.98. The Kier molecular flexibility index (Phi) is 4.54. The summed E-state index contributed by atoms with van der Waals surface area (Å²) >= 11 is 0. The number of hydrogen-bond acceptors (Lipinski definition) is 3. The van der Waals surface area contributed by atoms with Crippen LogP contribution in [0.15, 0.2) is 0 Å². The first-order valence-corrected chi connectivity index (χ1v) is 2.85. The Balaban J connectivity index is 3.46. The molecule has 54 valence electrons. The van der Waals surface area contributed by atoms with Crippen LogP contribution in [0.2, 0.25) is 0 Å². The number of hydrogen-bond donors (Lipinski definition) is 0. The zero-order valence-corrected chi connectivity index (χ0v) is 6.12. The Morgan fingerprint density at radius 1 is 1.89 bits per heavy atom. The van der Waals surface area contributed by atoms with E-state index < -0.39 is 12.3 Å². The second-order valence-electron chi connectivity index (χ2n) is 1.20. The van der Waals surface area contributed by atoms with Crippen molar-refractivity contribution in [3.63, 3.8) is 0 Å². The van der Waals surface area contributed by atoms with Gasteiger partial charge in [0.25, 0.3) is 6.36 Å². The highest BCUT2D eigenvalue weighted by Gasteiger charge is 2.16. The first-order valence-electron chi connectivity index (χ1n) is 2.38. The SMILES string of the molecule is CCOC(=O)C(F)OP. The molecule has 0 bridgehead atoms. The Labute approximate surface area is 54.8 Å². The average molecular weight is 154 g/mol. The van der Waals surface area contributed by atoms with Gasteiger partial charge >= 0.3 is 5.97 Å². The van der Waals surface area contributed by atoms with Crippen molar-refractivity contribution >= 4 is 15.4 Å². The molecule has 0 saturated heterocycles. The summed E-state index contributed by atoms with van der Waals surface area (Å²) in [7, 11) is 1.64. The molecular formula is C4H8FO3P. The van der Waals surface area contributed by atoms with Crippen LogP contribution in [0, 0.1) is 0 Å². The number of esters is 1. The molecule has 0 aliphatic heterocycles. The molecule has 0 amide bonds. The quantitative estimate of drug-likeness (QED) is 0.442. The third-order valence-electron chi connectivity index (χ3n) is 0.591. The zero-order valence-electron chi connectivity index (χ0n) is 4.96. The molecule has 5 heteroatoms. The summed E-state index contributed by atoms with van der Waals surface area (Å²) < 4.78 is 20.2. The second-order valence-corrected chi connectivity index (χ2v) is 1.48. The molecule has 0 aromatic carbocycles. The number of alkyl halides is 1. The van der Waals surface area contributed by atoms with Crippen molar-refractivity contribution in [2.75, 3.05) is 6.61 Å². The first kappa shape index (κ1) is 8.79. The van der Waals surface area contributed by atoms with Crippen LogP contribution in [-0.4, -0.2) is 18.9 Å². The fourth-order valence-electron chi connectivity index (χ4n) is 0.263. The molecule has 0 rings (SSSR count). The minimum Gasteiger partial charge on any atom is -0.462 e. The van der Waals surface area contributed by atoms with Crippen molar-refractivity contribution in [2.24, 2.45) is 0 Å². The van der Waals surface area contributed by atoms with Gasteiger partial charge in [0.1, 0.15) is 0 Å². The van der Waals surface area contributed by atoms with Crippen LogP contribution in [0.3, 0.4) is 0 Å². The average Bonchev–Trinajstić information content (AvgIpc) is 1.87. The molecule has 0 fully saturated rings. The molecule has 3 nitrogen and oxygen atoms in total. The molecule has 0 aromatic rings. The smallest absolute Gasteiger partial charge is 0.368 e. The highest BCUT2D eigenvalue weighted by molar-refractivity contribution is 7.09. The minimum absolute atomic E-state index is 0.160. The lowest BCUT2D eigenvalue weighted by Gasteiger charge is -2.02. The van der Waals surface area contributed by atoms with Crippen LogP contribution >= 0.6 is 9.47 Å². The lowest BCUT2D eigenvalue weighted by molar-refractivity contribution is -0.158. The normalized spacial score (nSPS) is 12.8. The summed E-state index contributed by atoms with van der Waals surface area (Å²) in [6.07, 6.45) is -1.98. The van der Waals surface area contributed by atoms with Crippen LogP contribution < -0.4 is 0 Å². The zero-order chi connectivity index (χ0) is 7.28. The number of rotatable bonds is 3. The maximum absolute atomic E-state index is 12.0. The van der Waals surface area contributed by atoms with E-state index in [4.69, 9.17) is 0 Å². The fraction of sp³-hybridized carbons (Fsp3) is 0.750.